The fraction of sp³-hybridized carbons (Fsp3) is 0.400. The van der Waals surface area contributed by atoms with Crippen molar-refractivity contribution in [2.24, 2.45) is 17.8 Å². The number of nitrogens with zero attached hydrogens (tertiary/aromatic N) is 1. The van der Waals surface area contributed by atoms with E-state index in [2.05, 4.69) is 10.6 Å². The summed E-state index contributed by atoms with van der Waals surface area (Å²) >= 11 is 0. The molecule has 166 valence electrons. The lowest BCUT2D eigenvalue weighted by Gasteiger charge is -2.30. The van der Waals surface area contributed by atoms with Gasteiger partial charge in [0.2, 0.25) is 17.7 Å². The average Bonchev–Trinajstić information content (AvgIpc) is 3.36. The van der Waals surface area contributed by atoms with Gasteiger partial charge in [-0.25, -0.2) is 0 Å². The van der Waals surface area contributed by atoms with E-state index in [1.165, 1.54) is 4.90 Å². The van der Waals surface area contributed by atoms with Crippen LogP contribution < -0.4 is 15.4 Å². The third-order valence-electron chi connectivity index (χ3n) is 7.20. The topological polar surface area (TPSA) is 87.7 Å². The van der Waals surface area contributed by atoms with Crippen molar-refractivity contribution in [2.75, 3.05) is 12.4 Å². The molecule has 0 aromatic heterocycles. The number of aryl methyl sites for hydroxylation is 1. The number of hydrogen-bond acceptors (Lipinski definition) is 5. The minimum Gasteiger partial charge on any atom is -0.497 e. The van der Waals surface area contributed by atoms with Gasteiger partial charge in [-0.05, 0) is 36.1 Å². The van der Waals surface area contributed by atoms with Gasteiger partial charge >= 0.3 is 0 Å². The van der Waals surface area contributed by atoms with Crippen molar-refractivity contribution in [1.82, 2.24) is 10.2 Å². The van der Waals surface area contributed by atoms with Crippen LogP contribution in [-0.4, -0.2) is 35.8 Å². The number of nitrogens with one attached hydrogen (secondary N) is 2. The quantitative estimate of drug-likeness (QED) is 0.724. The number of fused-ring (bicyclic) bond motifs is 4. The molecule has 0 bridgehead atoms. The van der Waals surface area contributed by atoms with Crippen molar-refractivity contribution >= 4 is 23.4 Å². The highest BCUT2D eigenvalue weighted by molar-refractivity contribution is 6.15. The first-order valence-electron chi connectivity index (χ1n) is 11.0. The van der Waals surface area contributed by atoms with Crippen LogP contribution in [0.1, 0.15) is 30.5 Å². The number of hydrogen-bond donors (Lipinski definition) is 2. The molecule has 5 rings (SSSR count). The molecule has 7 heteroatoms. The normalized spacial score (nSPS) is 28.5. The van der Waals surface area contributed by atoms with Crippen LogP contribution in [0.5, 0.6) is 5.75 Å². The molecule has 7 nitrogen and oxygen atoms in total. The number of likely N-dealkylation sites (tertiary alicyclic amines) is 1. The average molecular weight is 434 g/mol. The highest BCUT2D eigenvalue weighted by atomic mass is 16.5. The summed E-state index contributed by atoms with van der Waals surface area (Å²) in [6.45, 7) is 6.14. The third kappa shape index (κ3) is 2.67. The Hall–Kier alpha value is -3.19. The predicted molar refractivity (Wildman–Crippen MR) is 119 cm³/mol. The molecule has 3 aliphatic heterocycles. The van der Waals surface area contributed by atoms with E-state index in [1.807, 2.05) is 63.2 Å². The molecule has 0 radical (unpaired) electrons. The molecule has 4 atom stereocenters. The molecule has 3 heterocycles. The van der Waals surface area contributed by atoms with Crippen LogP contribution in [0.3, 0.4) is 0 Å². The second-order valence-corrected chi connectivity index (χ2v) is 9.29. The van der Waals surface area contributed by atoms with Gasteiger partial charge in [0.15, 0.2) is 0 Å². The molecule has 0 aliphatic carbocycles. The van der Waals surface area contributed by atoms with Gasteiger partial charge in [0.05, 0.1) is 25.5 Å². The number of imide groups is 1. The first kappa shape index (κ1) is 20.7. The Kier molecular flexibility index (Phi) is 4.64. The van der Waals surface area contributed by atoms with E-state index in [9.17, 15) is 14.4 Å². The summed E-state index contributed by atoms with van der Waals surface area (Å²) in [5, 5.41) is 6.45. The van der Waals surface area contributed by atoms with E-state index in [0.29, 0.717) is 5.75 Å². The van der Waals surface area contributed by atoms with E-state index >= 15 is 0 Å². The van der Waals surface area contributed by atoms with E-state index < -0.39 is 17.4 Å². The van der Waals surface area contributed by atoms with Crippen LogP contribution in [0.2, 0.25) is 0 Å². The summed E-state index contributed by atoms with van der Waals surface area (Å²) in [5.41, 5.74) is 2.03. The molecule has 3 amide bonds. The first-order chi connectivity index (χ1) is 15.3. The van der Waals surface area contributed by atoms with Gasteiger partial charge in [0.1, 0.15) is 11.3 Å². The molecule has 2 N–H and O–H groups in total. The largest absolute Gasteiger partial charge is 0.497 e. The van der Waals surface area contributed by atoms with Gasteiger partial charge in [0.25, 0.3) is 0 Å². The molecule has 2 aromatic carbocycles. The molecule has 2 saturated heterocycles. The fourth-order valence-corrected chi connectivity index (χ4v) is 5.61. The molecule has 0 unspecified atom stereocenters. The zero-order chi connectivity index (χ0) is 22.8. The standard InChI is InChI=1S/C25H27N3O4/c1-13(2)20-18-19(25(27-20)17-7-5-6-14(3)21(17)26-24(25)31)23(30)28(22(18)29)12-15-8-10-16(32-4)11-9-15/h5-11,13,18-20,27H,12H2,1-4H3,(H,26,31)/t18-,19+,20+,25-/m0/s1. The van der Waals surface area contributed by atoms with E-state index in [1.54, 1.807) is 7.11 Å². The lowest BCUT2D eigenvalue weighted by molar-refractivity contribution is -0.143. The van der Waals surface area contributed by atoms with Crippen LogP contribution in [0.25, 0.3) is 0 Å². The number of ether oxygens (including phenoxy) is 1. The van der Waals surface area contributed by atoms with Gasteiger partial charge in [-0.3, -0.25) is 24.6 Å². The van der Waals surface area contributed by atoms with Crippen LogP contribution in [-0.2, 0) is 26.5 Å². The van der Waals surface area contributed by atoms with Gasteiger partial charge in [-0.15, -0.1) is 0 Å². The smallest absolute Gasteiger partial charge is 0.250 e. The van der Waals surface area contributed by atoms with E-state index in [4.69, 9.17) is 4.74 Å². The minimum atomic E-state index is -1.23. The maximum Gasteiger partial charge on any atom is 0.250 e. The van der Waals surface area contributed by atoms with E-state index in [-0.39, 0.29) is 36.2 Å². The molecular weight excluding hydrogens is 406 g/mol. The highest BCUT2D eigenvalue weighted by Gasteiger charge is 2.70. The number of amides is 3. The zero-order valence-corrected chi connectivity index (χ0v) is 18.6. The van der Waals surface area contributed by atoms with Crippen molar-refractivity contribution in [1.29, 1.82) is 0 Å². The highest BCUT2D eigenvalue weighted by Crippen LogP contribution is 2.54. The first-order valence-corrected chi connectivity index (χ1v) is 11.0. The van der Waals surface area contributed by atoms with Crippen molar-refractivity contribution in [2.45, 2.75) is 38.9 Å². The Balaban J connectivity index is 1.58. The molecular formula is C25H27N3O4. The number of carbonyl (C=O) groups is 3. The Morgan fingerprint density at radius 1 is 1.06 bits per heavy atom. The SMILES string of the molecule is COc1ccc(CN2C(=O)[C@@H]3[C@@H](C(C)C)N[C@]4(C(=O)Nc5c(C)cccc54)[C@H]3C2=O)cc1. The number of methoxy groups -OCH3 is 1. The minimum absolute atomic E-state index is 0.0706. The van der Waals surface area contributed by atoms with Gasteiger partial charge in [0, 0.05) is 17.3 Å². The maximum absolute atomic E-state index is 13.8. The summed E-state index contributed by atoms with van der Waals surface area (Å²) in [7, 11) is 1.59. The lowest BCUT2D eigenvalue weighted by atomic mass is 9.75. The number of rotatable bonds is 4. The van der Waals surface area contributed by atoms with Crippen LogP contribution in [0.15, 0.2) is 42.5 Å². The molecule has 32 heavy (non-hydrogen) atoms. The molecule has 2 fully saturated rings. The number of carbonyl (C=O) groups excluding carboxylic acids is 3. The molecule has 2 aromatic rings. The summed E-state index contributed by atoms with van der Waals surface area (Å²) in [4.78, 5) is 42.1. The fourth-order valence-electron chi connectivity index (χ4n) is 5.61. The zero-order valence-electron chi connectivity index (χ0n) is 18.6. The molecule has 3 aliphatic rings. The summed E-state index contributed by atoms with van der Waals surface area (Å²) in [6.07, 6.45) is 0. The second kappa shape index (κ2) is 7.17. The number of benzene rings is 2. The molecule has 1 spiro atoms. The van der Waals surface area contributed by atoms with Crippen molar-refractivity contribution in [3.05, 3.63) is 59.2 Å². The van der Waals surface area contributed by atoms with Crippen LogP contribution in [0.4, 0.5) is 5.69 Å². The molecule has 0 saturated carbocycles. The van der Waals surface area contributed by atoms with E-state index in [0.717, 1.165) is 22.4 Å². The number of para-hydroxylation sites is 1. The van der Waals surface area contributed by atoms with Gasteiger partial charge in [-0.1, -0.05) is 44.2 Å². The number of anilines is 1. The van der Waals surface area contributed by atoms with Crippen LogP contribution >= 0.6 is 0 Å². The monoisotopic (exact) mass is 433 g/mol. The van der Waals surface area contributed by atoms with Gasteiger partial charge in [-0.2, -0.15) is 0 Å². The second-order valence-electron chi connectivity index (χ2n) is 9.29. The van der Waals surface area contributed by atoms with Crippen molar-refractivity contribution < 1.29 is 19.1 Å². The van der Waals surface area contributed by atoms with Gasteiger partial charge < -0.3 is 10.1 Å². The Bertz CT molecular complexity index is 1130. The summed E-state index contributed by atoms with van der Waals surface area (Å²) in [6, 6.07) is 12.7. The third-order valence-corrected chi connectivity index (χ3v) is 7.20. The Labute approximate surface area is 187 Å². The lowest BCUT2D eigenvalue weighted by Crippen LogP contribution is -2.53. The maximum atomic E-state index is 13.8. The predicted octanol–water partition coefficient (Wildman–Crippen LogP) is 2.58. The van der Waals surface area contributed by atoms with Crippen LogP contribution in [0, 0.1) is 24.7 Å². The van der Waals surface area contributed by atoms with Crippen molar-refractivity contribution in [3.63, 3.8) is 0 Å². The Morgan fingerprint density at radius 2 is 1.78 bits per heavy atom. The summed E-state index contributed by atoms with van der Waals surface area (Å²) < 4.78 is 5.20. The summed E-state index contributed by atoms with van der Waals surface area (Å²) in [5.74, 6) is -1.35. The van der Waals surface area contributed by atoms with Crippen molar-refractivity contribution in [3.8, 4) is 5.75 Å². The Morgan fingerprint density at radius 3 is 2.44 bits per heavy atom.